The summed E-state index contributed by atoms with van der Waals surface area (Å²) < 4.78 is 26.8. The fourth-order valence-electron chi connectivity index (χ4n) is 3.08. The highest BCUT2D eigenvalue weighted by Gasteiger charge is 2.31. The molecule has 1 amide bonds. The van der Waals surface area contributed by atoms with Crippen LogP contribution in [-0.4, -0.2) is 38.3 Å². The molecule has 1 fully saturated rings. The Bertz CT molecular complexity index is 743. The first-order valence-electron chi connectivity index (χ1n) is 9.12. The molecular formula is C19H27N3O3S. The summed E-state index contributed by atoms with van der Waals surface area (Å²) in [4.78, 5) is 12.4. The van der Waals surface area contributed by atoms with Crippen molar-refractivity contribution in [2.24, 2.45) is 11.8 Å². The molecule has 1 saturated heterocycles. The molecule has 2 rings (SSSR count). The van der Waals surface area contributed by atoms with E-state index in [1.54, 1.807) is 0 Å². The van der Waals surface area contributed by atoms with E-state index in [-0.39, 0.29) is 16.7 Å². The lowest BCUT2D eigenvalue weighted by molar-refractivity contribution is -0.126. The average Bonchev–Trinajstić information content (AvgIpc) is 2.65. The normalized spacial score (nSPS) is 16.4. The molecular weight excluding hydrogens is 350 g/mol. The Hall–Kier alpha value is -1.91. The van der Waals surface area contributed by atoms with Gasteiger partial charge in [-0.25, -0.2) is 8.42 Å². The summed E-state index contributed by atoms with van der Waals surface area (Å²) in [5, 5.41) is 11.8. The Morgan fingerprint density at radius 1 is 1.27 bits per heavy atom. The van der Waals surface area contributed by atoms with Crippen molar-refractivity contribution in [3.63, 3.8) is 0 Å². The third kappa shape index (κ3) is 5.29. The number of piperidine rings is 1. The molecule has 0 bridgehead atoms. The second kappa shape index (κ2) is 9.15. The standard InChI is InChI=1S/C19H27N3O3S/c1-15(2)4-3-11-21-19(23)17-9-12-22(13-10-17)26(24,25)18-7-5-16(14-20)6-8-18/h5-8,15,17H,3-4,9-13H2,1-2H3,(H,21,23). The SMILES string of the molecule is CC(C)CCCNC(=O)C1CCN(S(=O)(=O)c2ccc(C#N)cc2)CC1. The summed E-state index contributed by atoms with van der Waals surface area (Å²) in [6, 6.07) is 7.91. The lowest BCUT2D eigenvalue weighted by Crippen LogP contribution is -2.43. The number of nitrogens with one attached hydrogen (secondary N) is 1. The Balaban J connectivity index is 1.86. The predicted octanol–water partition coefficient (Wildman–Crippen LogP) is 2.51. The van der Waals surface area contributed by atoms with Crippen LogP contribution in [0.3, 0.4) is 0 Å². The first-order chi connectivity index (χ1) is 12.3. The minimum Gasteiger partial charge on any atom is -0.356 e. The van der Waals surface area contributed by atoms with Crippen molar-refractivity contribution in [1.29, 1.82) is 5.26 Å². The van der Waals surface area contributed by atoms with Crippen LogP contribution in [0.2, 0.25) is 0 Å². The third-order valence-corrected chi connectivity index (χ3v) is 6.62. The minimum atomic E-state index is -3.57. The van der Waals surface area contributed by atoms with Crippen molar-refractivity contribution < 1.29 is 13.2 Å². The number of hydrogen-bond acceptors (Lipinski definition) is 4. The van der Waals surface area contributed by atoms with E-state index >= 15 is 0 Å². The van der Waals surface area contributed by atoms with E-state index in [0.717, 1.165) is 12.8 Å². The molecule has 0 aliphatic carbocycles. The first kappa shape index (κ1) is 20.4. The number of benzene rings is 1. The van der Waals surface area contributed by atoms with Crippen molar-refractivity contribution >= 4 is 15.9 Å². The smallest absolute Gasteiger partial charge is 0.243 e. The van der Waals surface area contributed by atoms with Crippen LogP contribution >= 0.6 is 0 Å². The van der Waals surface area contributed by atoms with E-state index < -0.39 is 10.0 Å². The van der Waals surface area contributed by atoms with Gasteiger partial charge < -0.3 is 5.32 Å². The van der Waals surface area contributed by atoms with Crippen LogP contribution in [0.1, 0.15) is 45.1 Å². The number of sulfonamides is 1. The molecule has 142 valence electrons. The van der Waals surface area contributed by atoms with Crippen LogP contribution < -0.4 is 5.32 Å². The molecule has 0 spiro atoms. The second-order valence-electron chi connectivity index (χ2n) is 7.14. The van der Waals surface area contributed by atoms with Crippen LogP contribution in [0.5, 0.6) is 0 Å². The summed E-state index contributed by atoms with van der Waals surface area (Å²) in [5.74, 6) is 0.535. The van der Waals surface area contributed by atoms with Gasteiger partial charge in [-0.15, -0.1) is 0 Å². The molecule has 1 aliphatic heterocycles. The van der Waals surface area contributed by atoms with Gasteiger partial charge >= 0.3 is 0 Å². The molecule has 0 aromatic heterocycles. The molecule has 1 heterocycles. The Morgan fingerprint density at radius 3 is 2.42 bits per heavy atom. The van der Waals surface area contributed by atoms with Gasteiger partial charge in [-0.1, -0.05) is 13.8 Å². The summed E-state index contributed by atoms with van der Waals surface area (Å²) >= 11 is 0. The Kier molecular flexibility index (Phi) is 7.18. The molecule has 1 aromatic carbocycles. The van der Waals surface area contributed by atoms with Gasteiger partial charge in [0.25, 0.3) is 0 Å². The number of nitrogens with zero attached hydrogens (tertiary/aromatic N) is 2. The summed E-state index contributed by atoms with van der Waals surface area (Å²) in [6.07, 6.45) is 3.12. The van der Waals surface area contributed by atoms with Gasteiger partial charge in [0.05, 0.1) is 16.5 Å². The summed E-state index contributed by atoms with van der Waals surface area (Å²) in [6.45, 7) is 5.68. The topological polar surface area (TPSA) is 90.3 Å². The van der Waals surface area contributed by atoms with Crippen LogP contribution in [-0.2, 0) is 14.8 Å². The fraction of sp³-hybridized carbons (Fsp3) is 0.579. The van der Waals surface area contributed by atoms with Gasteiger partial charge in [0, 0.05) is 25.6 Å². The largest absolute Gasteiger partial charge is 0.356 e. The van der Waals surface area contributed by atoms with Gasteiger partial charge in [-0.3, -0.25) is 4.79 Å². The number of nitriles is 1. The van der Waals surface area contributed by atoms with E-state index in [9.17, 15) is 13.2 Å². The highest BCUT2D eigenvalue weighted by atomic mass is 32.2. The van der Waals surface area contributed by atoms with Crippen molar-refractivity contribution in [2.45, 2.75) is 44.4 Å². The minimum absolute atomic E-state index is 0.0316. The van der Waals surface area contributed by atoms with E-state index in [0.29, 0.717) is 44.0 Å². The van der Waals surface area contributed by atoms with Crippen molar-refractivity contribution in [2.75, 3.05) is 19.6 Å². The van der Waals surface area contributed by atoms with Crippen LogP contribution in [0, 0.1) is 23.2 Å². The third-order valence-electron chi connectivity index (χ3n) is 4.70. The number of carbonyl (C=O) groups is 1. The number of carbonyl (C=O) groups excluding carboxylic acids is 1. The molecule has 1 aromatic rings. The zero-order valence-electron chi connectivity index (χ0n) is 15.4. The zero-order chi connectivity index (χ0) is 19.2. The Morgan fingerprint density at radius 2 is 1.88 bits per heavy atom. The van der Waals surface area contributed by atoms with Gasteiger partial charge in [0.1, 0.15) is 0 Å². The molecule has 6 nitrogen and oxygen atoms in total. The maximum atomic E-state index is 12.7. The van der Waals surface area contributed by atoms with Crippen molar-refractivity contribution in [1.82, 2.24) is 9.62 Å². The highest BCUT2D eigenvalue weighted by molar-refractivity contribution is 7.89. The quantitative estimate of drug-likeness (QED) is 0.739. The molecule has 0 radical (unpaired) electrons. The molecule has 1 N–H and O–H groups in total. The monoisotopic (exact) mass is 377 g/mol. The number of amides is 1. The molecule has 0 atom stereocenters. The van der Waals surface area contributed by atoms with E-state index in [2.05, 4.69) is 19.2 Å². The van der Waals surface area contributed by atoms with Gasteiger partial charge in [-0.05, 0) is 55.9 Å². The molecule has 0 saturated carbocycles. The van der Waals surface area contributed by atoms with Gasteiger partial charge in [0.2, 0.25) is 15.9 Å². The lowest BCUT2D eigenvalue weighted by Gasteiger charge is -2.30. The van der Waals surface area contributed by atoms with Gasteiger partial charge in [-0.2, -0.15) is 9.57 Å². The zero-order valence-corrected chi connectivity index (χ0v) is 16.3. The maximum Gasteiger partial charge on any atom is 0.243 e. The summed E-state index contributed by atoms with van der Waals surface area (Å²) in [7, 11) is -3.57. The van der Waals surface area contributed by atoms with Crippen molar-refractivity contribution in [3.8, 4) is 6.07 Å². The number of hydrogen-bond donors (Lipinski definition) is 1. The molecule has 7 heteroatoms. The molecule has 0 unspecified atom stereocenters. The summed E-state index contributed by atoms with van der Waals surface area (Å²) in [5.41, 5.74) is 0.428. The van der Waals surface area contributed by atoms with E-state index in [1.165, 1.54) is 28.6 Å². The number of rotatable bonds is 7. The van der Waals surface area contributed by atoms with E-state index in [4.69, 9.17) is 5.26 Å². The lowest BCUT2D eigenvalue weighted by atomic mass is 9.97. The maximum absolute atomic E-state index is 12.7. The van der Waals surface area contributed by atoms with Crippen LogP contribution in [0.15, 0.2) is 29.2 Å². The van der Waals surface area contributed by atoms with E-state index in [1.807, 2.05) is 6.07 Å². The first-order valence-corrected chi connectivity index (χ1v) is 10.6. The van der Waals surface area contributed by atoms with Gasteiger partial charge in [0.15, 0.2) is 0 Å². The fourth-order valence-corrected chi connectivity index (χ4v) is 4.54. The van der Waals surface area contributed by atoms with Crippen LogP contribution in [0.4, 0.5) is 0 Å². The average molecular weight is 378 g/mol. The second-order valence-corrected chi connectivity index (χ2v) is 9.08. The predicted molar refractivity (Wildman–Crippen MR) is 99.7 cm³/mol. The molecule has 1 aliphatic rings. The van der Waals surface area contributed by atoms with Crippen molar-refractivity contribution in [3.05, 3.63) is 29.8 Å². The van der Waals surface area contributed by atoms with Crippen LogP contribution in [0.25, 0.3) is 0 Å². The molecule has 26 heavy (non-hydrogen) atoms. The highest BCUT2D eigenvalue weighted by Crippen LogP contribution is 2.24. The Labute approximate surface area is 156 Å².